The van der Waals surface area contributed by atoms with E-state index in [1.165, 1.54) is 0 Å². The van der Waals surface area contributed by atoms with Crippen molar-refractivity contribution in [3.05, 3.63) is 34.7 Å². The third-order valence-corrected chi connectivity index (χ3v) is 5.12. The fourth-order valence-electron chi connectivity index (χ4n) is 2.78. The number of amides is 2. The molecule has 1 aromatic carbocycles. The highest BCUT2D eigenvalue weighted by Crippen LogP contribution is 2.20. The fraction of sp³-hybridized carbons (Fsp3) is 0.609. The van der Waals surface area contributed by atoms with E-state index in [0.29, 0.717) is 37.8 Å². The lowest BCUT2D eigenvalue weighted by molar-refractivity contribution is -0.146. The summed E-state index contributed by atoms with van der Waals surface area (Å²) in [5.74, 6) is -0.679. The van der Waals surface area contributed by atoms with E-state index >= 15 is 0 Å². The summed E-state index contributed by atoms with van der Waals surface area (Å²) in [7, 11) is 0. The first-order valence-electron chi connectivity index (χ1n) is 11.0. The maximum Gasteiger partial charge on any atom is 0.407 e. The van der Waals surface area contributed by atoms with E-state index in [1.54, 1.807) is 31.2 Å². The SMILES string of the molecule is CCC(=O)NCCCC(CNC(=O)OC(C)(C)CC)CC(=O)OCc1ccccc1N=O. The summed E-state index contributed by atoms with van der Waals surface area (Å²) in [5.41, 5.74) is 0.174. The average molecular weight is 450 g/mol. The van der Waals surface area contributed by atoms with E-state index < -0.39 is 17.7 Å². The van der Waals surface area contributed by atoms with Crippen LogP contribution < -0.4 is 10.6 Å². The zero-order chi connectivity index (χ0) is 24.0. The minimum absolute atomic E-state index is 0.0353. The lowest BCUT2D eigenvalue weighted by atomic mass is 9.99. The third-order valence-electron chi connectivity index (χ3n) is 5.12. The number of nitrogens with one attached hydrogen (secondary N) is 2. The Morgan fingerprint density at radius 2 is 1.84 bits per heavy atom. The van der Waals surface area contributed by atoms with Gasteiger partial charge in [-0.25, -0.2) is 4.79 Å². The van der Waals surface area contributed by atoms with E-state index in [9.17, 15) is 19.3 Å². The van der Waals surface area contributed by atoms with Gasteiger partial charge in [-0.2, -0.15) is 0 Å². The summed E-state index contributed by atoms with van der Waals surface area (Å²) in [5, 5.41) is 8.44. The zero-order valence-corrected chi connectivity index (χ0v) is 19.4. The van der Waals surface area contributed by atoms with Crippen molar-refractivity contribution >= 4 is 23.7 Å². The van der Waals surface area contributed by atoms with Crippen LogP contribution in [0.25, 0.3) is 0 Å². The van der Waals surface area contributed by atoms with Crippen LogP contribution in [0.3, 0.4) is 0 Å². The van der Waals surface area contributed by atoms with Gasteiger partial charge in [0.1, 0.15) is 17.9 Å². The number of benzene rings is 1. The van der Waals surface area contributed by atoms with E-state index in [1.807, 2.05) is 20.8 Å². The maximum atomic E-state index is 12.4. The fourth-order valence-corrected chi connectivity index (χ4v) is 2.78. The number of carbonyl (C=O) groups excluding carboxylic acids is 3. The van der Waals surface area contributed by atoms with Crippen molar-refractivity contribution in [3.63, 3.8) is 0 Å². The molecule has 1 atom stereocenters. The van der Waals surface area contributed by atoms with Gasteiger partial charge in [-0.05, 0) is 50.3 Å². The number of alkyl carbamates (subject to hydrolysis) is 1. The zero-order valence-electron chi connectivity index (χ0n) is 19.4. The predicted octanol–water partition coefficient (Wildman–Crippen LogP) is 4.36. The Balaban J connectivity index is 2.61. The van der Waals surface area contributed by atoms with Gasteiger partial charge >= 0.3 is 12.1 Å². The van der Waals surface area contributed by atoms with Crippen LogP contribution in [0.2, 0.25) is 0 Å². The monoisotopic (exact) mass is 449 g/mol. The molecule has 0 aliphatic heterocycles. The number of nitroso groups, excluding NO2 is 1. The van der Waals surface area contributed by atoms with Gasteiger partial charge in [0.25, 0.3) is 0 Å². The van der Waals surface area contributed by atoms with Crippen molar-refractivity contribution in [2.24, 2.45) is 11.1 Å². The number of esters is 1. The van der Waals surface area contributed by atoms with Crippen molar-refractivity contribution in [3.8, 4) is 0 Å². The van der Waals surface area contributed by atoms with Gasteiger partial charge in [0.05, 0.1) is 6.42 Å². The molecule has 2 N–H and O–H groups in total. The van der Waals surface area contributed by atoms with Crippen LogP contribution in [0.15, 0.2) is 29.4 Å². The Hall–Kier alpha value is -2.97. The minimum Gasteiger partial charge on any atom is -0.461 e. The largest absolute Gasteiger partial charge is 0.461 e. The molecule has 0 radical (unpaired) electrons. The van der Waals surface area contributed by atoms with Gasteiger partial charge in [-0.1, -0.05) is 32.0 Å². The molecule has 1 aromatic rings. The van der Waals surface area contributed by atoms with Gasteiger partial charge in [-0.15, -0.1) is 4.91 Å². The van der Waals surface area contributed by atoms with Crippen molar-refractivity contribution in [2.45, 2.75) is 72.0 Å². The molecule has 1 unspecified atom stereocenters. The molecule has 0 saturated heterocycles. The number of hydrogen-bond donors (Lipinski definition) is 2. The summed E-state index contributed by atoms with van der Waals surface area (Å²) in [6, 6.07) is 6.64. The van der Waals surface area contributed by atoms with Crippen molar-refractivity contribution in [1.29, 1.82) is 0 Å². The van der Waals surface area contributed by atoms with E-state index in [0.717, 1.165) is 0 Å². The Morgan fingerprint density at radius 1 is 1.12 bits per heavy atom. The Bertz CT molecular complexity index is 766. The second kappa shape index (κ2) is 14.2. The molecule has 32 heavy (non-hydrogen) atoms. The van der Waals surface area contributed by atoms with E-state index in [-0.39, 0.29) is 37.1 Å². The number of nitrogens with zero attached hydrogens (tertiary/aromatic N) is 1. The highest BCUT2D eigenvalue weighted by atomic mass is 16.6. The smallest absolute Gasteiger partial charge is 0.407 e. The first-order valence-corrected chi connectivity index (χ1v) is 11.0. The highest BCUT2D eigenvalue weighted by Gasteiger charge is 2.22. The topological polar surface area (TPSA) is 123 Å². The van der Waals surface area contributed by atoms with E-state index in [2.05, 4.69) is 15.8 Å². The molecule has 0 spiro atoms. The second-order valence-corrected chi connectivity index (χ2v) is 8.18. The lowest BCUT2D eigenvalue weighted by Gasteiger charge is -2.24. The molecule has 0 aliphatic carbocycles. The molecule has 1 rings (SSSR count). The first kappa shape index (κ1) is 27.1. The van der Waals surface area contributed by atoms with Crippen LogP contribution in [0.1, 0.15) is 65.4 Å². The molecule has 0 heterocycles. The van der Waals surface area contributed by atoms with Gasteiger partial charge in [0.15, 0.2) is 0 Å². The highest BCUT2D eigenvalue weighted by molar-refractivity contribution is 5.75. The molecule has 0 aromatic heterocycles. The van der Waals surface area contributed by atoms with Crippen molar-refractivity contribution < 1.29 is 23.9 Å². The Morgan fingerprint density at radius 3 is 2.50 bits per heavy atom. The molecule has 0 bridgehead atoms. The second-order valence-electron chi connectivity index (χ2n) is 8.18. The van der Waals surface area contributed by atoms with Crippen LogP contribution in [-0.2, 0) is 25.7 Å². The summed E-state index contributed by atoms with van der Waals surface area (Å²) in [4.78, 5) is 46.7. The maximum absolute atomic E-state index is 12.4. The number of rotatable bonds is 14. The van der Waals surface area contributed by atoms with Gasteiger partial charge in [-0.3, -0.25) is 9.59 Å². The number of ether oxygens (including phenoxy) is 2. The lowest BCUT2D eigenvalue weighted by Crippen LogP contribution is -2.37. The van der Waals surface area contributed by atoms with Gasteiger partial charge < -0.3 is 20.1 Å². The van der Waals surface area contributed by atoms with Crippen LogP contribution >= 0.6 is 0 Å². The quantitative estimate of drug-likeness (QED) is 0.247. The Labute approximate surface area is 189 Å². The molecule has 178 valence electrons. The van der Waals surface area contributed by atoms with Crippen LogP contribution in [-0.4, -0.2) is 36.7 Å². The van der Waals surface area contributed by atoms with Gasteiger partial charge in [0, 0.05) is 25.1 Å². The average Bonchev–Trinajstić information content (AvgIpc) is 2.78. The summed E-state index contributed by atoms with van der Waals surface area (Å²) in [6.45, 7) is 8.02. The van der Waals surface area contributed by atoms with Crippen LogP contribution in [0, 0.1) is 10.8 Å². The predicted molar refractivity (Wildman–Crippen MR) is 121 cm³/mol. The minimum atomic E-state index is -0.580. The van der Waals surface area contributed by atoms with Gasteiger partial charge in [0.2, 0.25) is 5.91 Å². The molecule has 2 amide bonds. The number of hydrogen-bond acceptors (Lipinski definition) is 7. The summed E-state index contributed by atoms with van der Waals surface area (Å²) in [6.07, 6.45) is 1.87. The van der Waals surface area contributed by atoms with Crippen LogP contribution in [0.5, 0.6) is 0 Å². The van der Waals surface area contributed by atoms with E-state index in [4.69, 9.17) is 9.47 Å². The normalized spacial score (nSPS) is 11.9. The van der Waals surface area contributed by atoms with Crippen LogP contribution in [0.4, 0.5) is 10.5 Å². The summed E-state index contributed by atoms with van der Waals surface area (Å²) < 4.78 is 10.7. The molecule has 9 heteroatoms. The molecule has 9 nitrogen and oxygen atoms in total. The van der Waals surface area contributed by atoms with Crippen molar-refractivity contribution in [2.75, 3.05) is 13.1 Å². The summed E-state index contributed by atoms with van der Waals surface area (Å²) >= 11 is 0. The number of carbonyl (C=O) groups is 3. The standard InChI is InChI=1S/C23H35N3O6/c1-5-20(27)24-13-9-10-17(15-25-22(29)32-23(3,4)6-2)14-21(28)31-16-18-11-7-8-12-19(18)26-30/h7-8,11-12,17H,5-6,9-10,13-16H2,1-4H3,(H,24,27)(H,25,29). The molecular weight excluding hydrogens is 414 g/mol. The molecular formula is C23H35N3O6. The van der Waals surface area contributed by atoms with Crippen molar-refractivity contribution in [1.82, 2.24) is 10.6 Å². The molecule has 0 aliphatic rings. The molecule has 0 fully saturated rings. The third kappa shape index (κ3) is 10.9. The first-order chi connectivity index (χ1) is 15.2. The molecule has 0 saturated carbocycles. The Kier molecular flexibility index (Phi) is 12.0.